The van der Waals surface area contributed by atoms with Crippen molar-refractivity contribution in [3.63, 3.8) is 0 Å². The summed E-state index contributed by atoms with van der Waals surface area (Å²) in [4.78, 5) is 4.30. The molecule has 2 aromatic rings. The highest BCUT2D eigenvalue weighted by molar-refractivity contribution is 9.10. The number of likely N-dealkylation sites (N-methyl/N-ethyl adjacent to an activating group) is 1. The number of benzene rings is 1. The van der Waals surface area contributed by atoms with Crippen molar-refractivity contribution in [3.05, 3.63) is 46.2 Å². The molecule has 0 bridgehead atoms. The van der Waals surface area contributed by atoms with Crippen molar-refractivity contribution in [3.8, 4) is 0 Å². The SMILES string of the molecule is CNC(Cc1ncnn1C(C)C)c1cc(F)cc(Br)c1. The Balaban J connectivity index is 2.26. The van der Waals surface area contributed by atoms with E-state index in [0.717, 1.165) is 15.9 Å². The van der Waals surface area contributed by atoms with Gasteiger partial charge in [0.05, 0.1) is 0 Å². The van der Waals surface area contributed by atoms with Crippen LogP contribution in [0.15, 0.2) is 29.0 Å². The largest absolute Gasteiger partial charge is 0.313 e. The second kappa shape index (κ2) is 6.45. The molecule has 0 fully saturated rings. The molecule has 0 radical (unpaired) electrons. The Labute approximate surface area is 126 Å². The van der Waals surface area contributed by atoms with Crippen molar-refractivity contribution in [1.29, 1.82) is 0 Å². The topological polar surface area (TPSA) is 42.7 Å². The Bertz CT molecular complexity index is 562. The van der Waals surface area contributed by atoms with Gasteiger partial charge in [-0.05, 0) is 44.7 Å². The van der Waals surface area contributed by atoms with Gasteiger partial charge in [-0.25, -0.2) is 14.1 Å². The van der Waals surface area contributed by atoms with Gasteiger partial charge in [0.1, 0.15) is 18.0 Å². The summed E-state index contributed by atoms with van der Waals surface area (Å²) in [5.41, 5.74) is 0.887. The van der Waals surface area contributed by atoms with E-state index in [-0.39, 0.29) is 17.9 Å². The van der Waals surface area contributed by atoms with Gasteiger partial charge in [-0.2, -0.15) is 5.10 Å². The maximum Gasteiger partial charge on any atom is 0.138 e. The summed E-state index contributed by atoms with van der Waals surface area (Å²) in [7, 11) is 1.86. The number of aromatic nitrogens is 3. The third-order valence-corrected chi connectivity index (χ3v) is 3.62. The van der Waals surface area contributed by atoms with Crippen LogP contribution < -0.4 is 5.32 Å². The molecule has 20 heavy (non-hydrogen) atoms. The molecular formula is C14H18BrFN4. The Morgan fingerprint density at radius 2 is 2.10 bits per heavy atom. The number of hydrogen-bond acceptors (Lipinski definition) is 3. The van der Waals surface area contributed by atoms with Gasteiger partial charge in [0.15, 0.2) is 0 Å². The lowest BCUT2D eigenvalue weighted by atomic mass is 10.0. The van der Waals surface area contributed by atoms with Crippen LogP contribution in [-0.4, -0.2) is 21.8 Å². The second-order valence-corrected chi connectivity index (χ2v) is 5.88. The first-order chi connectivity index (χ1) is 9.51. The normalized spacial score (nSPS) is 12.9. The molecule has 0 aliphatic carbocycles. The van der Waals surface area contributed by atoms with E-state index in [1.54, 1.807) is 12.4 Å². The number of halogens is 2. The van der Waals surface area contributed by atoms with Crippen molar-refractivity contribution in [2.75, 3.05) is 7.05 Å². The molecule has 1 aromatic carbocycles. The Morgan fingerprint density at radius 1 is 1.35 bits per heavy atom. The average Bonchev–Trinajstić information content (AvgIpc) is 2.82. The van der Waals surface area contributed by atoms with Crippen LogP contribution in [0.2, 0.25) is 0 Å². The molecular weight excluding hydrogens is 323 g/mol. The van der Waals surface area contributed by atoms with E-state index in [1.807, 2.05) is 17.8 Å². The van der Waals surface area contributed by atoms with Gasteiger partial charge in [-0.3, -0.25) is 0 Å². The zero-order chi connectivity index (χ0) is 14.7. The molecule has 0 saturated heterocycles. The molecule has 1 aromatic heterocycles. The number of rotatable bonds is 5. The zero-order valence-electron chi connectivity index (χ0n) is 11.8. The minimum absolute atomic E-state index is 0.0105. The standard InChI is InChI=1S/C14H18BrFN4/c1-9(2)20-14(18-8-19-20)7-13(17-3)10-4-11(15)6-12(16)5-10/h4-6,8-9,13,17H,7H2,1-3H3. The van der Waals surface area contributed by atoms with Crippen LogP contribution in [0.4, 0.5) is 4.39 Å². The number of hydrogen-bond donors (Lipinski definition) is 1. The molecule has 0 spiro atoms. The van der Waals surface area contributed by atoms with Gasteiger partial charge in [0.25, 0.3) is 0 Å². The monoisotopic (exact) mass is 340 g/mol. The van der Waals surface area contributed by atoms with Gasteiger partial charge >= 0.3 is 0 Å². The van der Waals surface area contributed by atoms with E-state index < -0.39 is 0 Å². The van der Waals surface area contributed by atoms with Crippen LogP contribution >= 0.6 is 15.9 Å². The minimum Gasteiger partial charge on any atom is -0.313 e. The molecule has 1 atom stereocenters. The van der Waals surface area contributed by atoms with Gasteiger partial charge < -0.3 is 5.32 Å². The molecule has 0 aliphatic rings. The Morgan fingerprint density at radius 3 is 2.70 bits per heavy atom. The second-order valence-electron chi connectivity index (χ2n) is 4.96. The smallest absolute Gasteiger partial charge is 0.138 e. The molecule has 108 valence electrons. The molecule has 2 rings (SSSR count). The maximum absolute atomic E-state index is 13.5. The summed E-state index contributed by atoms with van der Waals surface area (Å²) >= 11 is 3.33. The van der Waals surface area contributed by atoms with Crippen molar-refractivity contribution in [1.82, 2.24) is 20.1 Å². The van der Waals surface area contributed by atoms with E-state index in [9.17, 15) is 4.39 Å². The van der Waals surface area contributed by atoms with Gasteiger partial charge in [-0.15, -0.1) is 0 Å². The van der Waals surface area contributed by atoms with Crippen molar-refractivity contribution >= 4 is 15.9 Å². The molecule has 0 amide bonds. The molecule has 4 nitrogen and oxygen atoms in total. The maximum atomic E-state index is 13.5. The minimum atomic E-state index is -0.250. The zero-order valence-corrected chi connectivity index (χ0v) is 13.4. The molecule has 1 unspecified atom stereocenters. The highest BCUT2D eigenvalue weighted by Gasteiger charge is 2.16. The summed E-state index contributed by atoms with van der Waals surface area (Å²) in [6.07, 6.45) is 2.22. The molecule has 0 aliphatic heterocycles. The van der Waals surface area contributed by atoms with Crippen LogP contribution in [0.5, 0.6) is 0 Å². The van der Waals surface area contributed by atoms with Gasteiger partial charge in [0.2, 0.25) is 0 Å². The van der Waals surface area contributed by atoms with Crippen molar-refractivity contribution in [2.45, 2.75) is 32.4 Å². The van der Waals surface area contributed by atoms with E-state index >= 15 is 0 Å². The van der Waals surface area contributed by atoms with E-state index in [2.05, 4.69) is 45.2 Å². The fourth-order valence-corrected chi connectivity index (χ4v) is 2.68. The third-order valence-electron chi connectivity index (χ3n) is 3.16. The van der Waals surface area contributed by atoms with Crippen molar-refractivity contribution in [2.24, 2.45) is 0 Å². The lowest BCUT2D eigenvalue weighted by Crippen LogP contribution is -2.22. The Kier molecular flexibility index (Phi) is 4.88. The van der Waals surface area contributed by atoms with Crippen molar-refractivity contribution < 1.29 is 4.39 Å². The number of nitrogens with one attached hydrogen (secondary N) is 1. The van der Waals surface area contributed by atoms with E-state index in [1.165, 1.54) is 6.07 Å². The molecule has 6 heteroatoms. The van der Waals surface area contributed by atoms with Crippen LogP contribution in [0.25, 0.3) is 0 Å². The fraction of sp³-hybridized carbons (Fsp3) is 0.429. The van der Waals surface area contributed by atoms with Gasteiger partial charge in [0, 0.05) is 23.0 Å². The van der Waals surface area contributed by atoms with Crippen LogP contribution in [0.3, 0.4) is 0 Å². The summed E-state index contributed by atoms with van der Waals surface area (Å²) in [6.45, 7) is 4.12. The summed E-state index contributed by atoms with van der Waals surface area (Å²) < 4.78 is 16.1. The van der Waals surface area contributed by atoms with E-state index in [0.29, 0.717) is 6.42 Å². The summed E-state index contributed by atoms with van der Waals surface area (Å²) in [5, 5.41) is 7.43. The third kappa shape index (κ3) is 3.43. The highest BCUT2D eigenvalue weighted by atomic mass is 79.9. The lowest BCUT2D eigenvalue weighted by molar-refractivity contribution is 0.476. The van der Waals surface area contributed by atoms with Crippen LogP contribution in [0, 0.1) is 5.82 Å². The first kappa shape index (κ1) is 15.1. The average molecular weight is 341 g/mol. The highest BCUT2D eigenvalue weighted by Crippen LogP contribution is 2.23. The van der Waals surface area contributed by atoms with E-state index in [4.69, 9.17) is 0 Å². The quantitative estimate of drug-likeness (QED) is 0.908. The molecule has 0 saturated carbocycles. The Hall–Kier alpha value is -1.27. The number of nitrogens with zero attached hydrogens (tertiary/aromatic N) is 3. The summed E-state index contributed by atoms with van der Waals surface area (Å²) in [6, 6.07) is 5.16. The van der Waals surface area contributed by atoms with Crippen LogP contribution in [0.1, 0.15) is 37.3 Å². The molecule has 1 N–H and O–H groups in total. The summed E-state index contributed by atoms with van der Waals surface area (Å²) in [5.74, 6) is 0.639. The fourth-order valence-electron chi connectivity index (χ4n) is 2.20. The van der Waals surface area contributed by atoms with Crippen LogP contribution in [-0.2, 0) is 6.42 Å². The van der Waals surface area contributed by atoms with Gasteiger partial charge in [-0.1, -0.05) is 15.9 Å². The lowest BCUT2D eigenvalue weighted by Gasteiger charge is -2.18. The predicted molar refractivity (Wildman–Crippen MR) is 80.0 cm³/mol. The first-order valence-corrected chi connectivity index (χ1v) is 7.32. The molecule has 1 heterocycles. The predicted octanol–water partition coefficient (Wildman–Crippen LogP) is 3.26. The first-order valence-electron chi connectivity index (χ1n) is 6.53.